The molecule has 3 heteroatoms. The molecule has 106 valence electrons. The van der Waals surface area contributed by atoms with Gasteiger partial charge in [0.15, 0.2) is 0 Å². The van der Waals surface area contributed by atoms with E-state index >= 15 is 0 Å². The number of carbonyl (C=O) groups is 1. The van der Waals surface area contributed by atoms with Crippen LogP contribution in [0, 0.1) is 5.92 Å². The van der Waals surface area contributed by atoms with Crippen LogP contribution in [0.5, 0.6) is 0 Å². The first-order chi connectivity index (χ1) is 8.74. The highest BCUT2D eigenvalue weighted by Crippen LogP contribution is 2.25. The number of hydrogen-bond acceptors (Lipinski definition) is 2. The highest BCUT2D eigenvalue weighted by atomic mass is 16.2. The van der Waals surface area contributed by atoms with Gasteiger partial charge in [-0.25, -0.2) is 0 Å². The minimum atomic E-state index is 0.253. The van der Waals surface area contributed by atoms with E-state index in [0.29, 0.717) is 11.9 Å². The zero-order valence-corrected chi connectivity index (χ0v) is 12.2. The van der Waals surface area contributed by atoms with Crippen molar-refractivity contribution in [2.75, 3.05) is 13.1 Å². The molecule has 0 radical (unpaired) electrons. The van der Waals surface area contributed by atoms with Crippen LogP contribution < -0.4 is 5.73 Å². The Balaban J connectivity index is 2.51. The number of likely N-dealkylation sites (tertiary alicyclic amines) is 1. The van der Waals surface area contributed by atoms with Crippen molar-refractivity contribution in [3.8, 4) is 0 Å². The van der Waals surface area contributed by atoms with Crippen molar-refractivity contribution < 1.29 is 4.79 Å². The molecule has 1 heterocycles. The molecule has 1 rings (SSSR count). The SMILES string of the molecule is CCCCC(CC)C(=O)N1CCCC1CCCN. The Bertz CT molecular complexity index is 243. The summed E-state index contributed by atoms with van der Waals surface area (Å²) in [7, 11) is 0. The Morgan fingerprint density at radius 3 is 2.78 bits per heavy atom. The second-order valence-corrected chi connectivity index (χ2v) is 5.51. The van der Waals surface area contributed by atoms with Gasteiger partial charge in [-0.05, 0) is 45.1 Å². The van der Waals surface area contributed by atoms with Crippen molar-refractivity contribution in [1.29, 1.82) is 0 Å². The number of unbranched alkanes of at least 4 members (excludes halogenated alkanes) is 1. The summed E-state index contributed by atoms with van der Waals surface area (Å²) >= 11 is 0. The van der Waals surface area contributed by atoms with Crippen LogP contribution in [0.3, 0.4) is 0 Å². The fourth-order valence-electron chi connectivity index (χ4n) is 2.97. The molecule has 2 N–H and O–H groups in total. The molecule has 0 aromatic carbocycles. The van der Waals surface area contributed by atoms with Crippen molar-refractivity contribution in [1.82, 2.24) is 4.90 Å². The molecule has 2 unspecified atom stereocenters. The third kappa shape index (κ3) is 4.27. The van der Waals surface area contributed by atoms with Gasteiger partial charge in [-0.3, -0.25) is 4.79 Å². The first-order valence-electron chi connectivity index (χ1n) is 7.75. The molecular formula is C15H30N2O. The highest BCUT2D eigenvalue weighted by molar-refractivity contribution is 5.79. The van der Waals surface area contributed by atoms with Crippen LogP contribution in [-0.2, 0) is 4.79 Å². The van der Waals surface area contributed by atoms with Crippen molar-refractivity contribution in [3.05, 3.63) is 0 Å². The standard InChI is InChI=1S/C15H30N2O/c1-3-5-8-13(4-2)15(18)17-12-7-10-14(17)9-6-11-16/h13-14H,3-12,16H2,1-2H3. The Morgan fingerprint density at radius 1 is 1.39 bits per heavy atom. The van der Waals surface area contributed by atoms with Gasteiger partial charge in [0.2, 0.25) is 5.91 Å². The first-order valence-corrected chi connectivity index (χ1v) is 7.75. The van der Waals surface area contributed by atoms with E-state index in [1.54, 1.807) is 0 Å². The van der Waals surface area contributed by atoms with E-state index in [2.05, 4.69) is 18.7 Å². The third-order valence-corrected chi connectivity index (χ3v) is 4.15. The average molecular weight is 254 g/mol. The molecule has 1 aliphatic rings. The van der Waals surface area contributed by atoms with E-state index in [1.807, 2.05) is 0 Å². The molecule has 1 aliphatic heterocycles. The van der Waals surface area contributed by atoms with Gasteiger partial charge in [0.1, 0.15) is 0 Å². The molecular weight excluding hydrogens is 224 g/mol. The number of nitrogens with zero attached hydrogens (tertiary/aromatic N) is 1. The van der Waals surface area contributed by atoms with Gasteiger partial charge in [-0.2, -0.15) is 0 Å². The van der Waals surface area contributed by atoms with E-state index in [-0.39, 0.29) is 5.92 Å². The van der Waals surface area contributed by atoms with Gasteiger partial charge in [0.25, 0.3) is 0 Å². The average Bonchev–Trinajstić information content (AvgIpc) is 2.85. The maximum Gasteiger partial charge on any atom is 0.225 e. The molecule has 0 aliphatic carbocycles. The van der Waals surface area contributed by atoms with E-state index in [9.17, 15) is 4.79 Å². The predicted molar refractivity (Wildman–Crippen MR) is 76.3 cm³/mol. The zero-order chi connectivity index (χ0) is 13.4. The van der Waals surface area contributed by atoms with Crippen molar-refractivity contribution in [2.45, 2.75) is 71.3 Å². The monoisotopic (exact) mass is 254 g/mol. The van der Waals surface area contributed by atoms with E-state index in [4.69, 9.17) is 5.73 Å². The van der Waals surface area contributed by atoms with Crippen LogP contribution in [0.25, 0.3) is 0 Å². The summed E-state index contributed by atoms with van der Waals surface area (Å²) in [5.74, 6) is 0.661. The minimum absolute atomic E-state index is 0.253. The lowest BCUT2D eigenvalue weighted by Crippen LogP contribution is -2.39. The third-order valence-electron chi connectivity index (χ3n) is 4.15. The Morgan fingerprint density at radius 2 is 2.17 bits per heavy atom. The van der Waals surface area contributed by atoms with Crippen molar-refractivity contribution in [3.63, 3.8) is 0 Å². The van der Waals surface area contributed by atoms with Gasteiger partial charge in [0, 0.05) is 18.5 Å². The smallest absolute Gasteiger partial charge is 0.225 e. The molecule has 0 aromatic heterocycles. The van der Waals surface area contributed by atoms with Gasteiger partial charge in [-0.1, -0.05) is 26.7 Å². The summed E-state index contributed by atoms with van der Waals surface area (Å²) in [6.45, 7) is 6.04. The highest BCUT2D eigenvalue weighted by Gasteiger charge is 2.31. The predicted octanol–water partition coefficient (Wildman–Crippen LogP) is 2.93. The van der Waals surface area contributed by atoms with Gasteiger partial charge in [0.05, 0.1) is 0 Å². The van der Waals surface area contributed by atoms with E-state index in [1.165, 1.54) is 25.7 Å². The number of rotatable bonds is 8. The Hall–Kier alpha value is -0.570. The second kappa shape index (κ2) is 8.52. The number of carbonyl (C=O) groups excluding carboxylic acids is 1. The van der Waals surface area contributed by atoms with Gasteiger partial charge < -0.3 is 10.6 Å². The Labute approximate surface area is 112 Å². The number of amides is 1. The van der Waals surface area contributed by atoms with Crippen LogP contribution in [0.2, 0.25) is 0 Å². The fourth-order valence-corrected chi connectivity index (χ4v) is 2.97. The minimum Gasteiger partial charge on any atom is -0.339 e. The largest absolute Gasteiger partial charge is 0.339 e. The quantitative estimate of drug-likeness (QED) is 0.724. The molecule has 2 atom stereocenters. The summed E-state index contributed by atoms with van der Waals surface area (Å²) in [5.41, 5.74) is 5.58. The molecule has 1 amide bonds. The van der Waals surface area contributed by atoms with Crippen LogP contribution in [0.15, 0.2) is 0 Å². The summed E-state index contributed by atoms with van der Waals surface area (Å²) in [4.78, 5) is 14.7. The lowest BCUT2D eigenvalue weighted by Gasteiger charge is -2.28. The number of nitrogens with two attached hydrogens (primary N) is 1. The molecule has 3 nitrogen and oxygen atoms in total. The van der Waals surface area contributed by atoms with Crippen LogP contribution in [-0.4, -0.2) is 29.9 Å². The van der Waals surface area contributed by atoms with Gasteiger partial charge in [-0.15, -0.1) is 0 Å². The molecule has 0 bridgehead atoms. The topological polar surface area (TPSA) is 46.3 Å². The second-order valence-electron chi connectivity index (χ2n) is 5.51. The van der Waals surface area contributed by atoms with Crippen LogP contribution in [0.4, 0.5) is 0 Å². The molecule has 0 saturated carbocycles. The maximum atomic E-state index is 12.6. The van der Waals surface area contributed by atoms with Crippen molar-refractivity contribution >= 4 is 5.91 Å². The molecule has 0 aromatic rings. The molecule has 0 spiro atoms. The Kier molecular flexibility index (Phi) is 7.33. The zero-order valence-electron chi connectivity index (χ0n) is 12.2. The molecule has 1 saturated heterocycles. The summed E-state index contributed by atoms with van der Waals surface area (Å²) in [6.07, 6.45) is 8.88. The summed E-state index contributed by atoms with van der Waals surface area (Å²) < 4.78 is 0. The fraction of sp³-hybridized carbons (Fsp3) is 0.933. The van der Waals surface area contributed by atoms with Crippen molar-refractivity contribution in [2.24, 2.45) is 11.7 Å². The van der Waals surface area contributed by atoms with E-state index in [0.717, 1.165) is 38.8 Å². The molecule has 1 fully saturated rings. The van der Waals surface area contributed by atoms with Crippen LogP contribution >= 0.6 is 0 Å². The lowest BCUT2D eigenvalue weighted by atomic mass is 9.97. The number of hydrogen-bond donors (Lipinski definition) is 1. The normalized spacial score (nSPS) is 21.3. The lowest BCUT2D eigenvalue weighted by molar-refractivity contribution is -0.136. The van der Waals surface area contributed by atoms with Gasteiger partial charge >= 0.3 is 0 Å². The van der Waals surface area contributed by atoms with Crippen LogP contribution in [0.1, 0.15) is 65.2 Å². The first kappa shape index (κ1) is 15.5. The summed E-state index contributed by atoms with van der Waals surface area (Å²) in [5, 5.41) is 0. The summed E-state index contributed by atoms with van der Waals surface area (Å²) in [6, 6.07) is 0.469. The van der Waals surface area contributed by atoms with E-state index < -0.39 is 0 Å². The maximum absolute atomic E-state index is 12.6. The molecule has 18 heavy (non-hydrogen) atoms.